The maximum atomic E-state index is 12.6. The van der Waals surface area contributed by atoms with Crippen LogP contribution < -0.4 is 15.4 Å². The summed E-state index contributed by atoms with van der Waals surface area (Å²) in [6.07, 6.45) is 4.31. The summed E-state index contributed by atoms with van der Waals surface area (Å²) >= 11 is 0. The molecule has 10 heteroatoms. The van der Waals surface area contributed by atoms with Gasteiger partial charge in [-0.2, -0.15) is 0 Å². The van der Waals surface area contributed by atoms with Crippen LogP contribution in [0.5, 0.6) is 5.88 Å². The van der Waals surface area contributed by atoms with Crippen molar-refractivity contribution in [3.8, 4) is 5.88 Å². The van der Waals surface area contributed by atoms with Gasteiger partial charge in [-0.15, -0.1) is 0 Å². The third-order valence-corrected chi connectivity index (χ3v) is 5.72. The molecule has 1 aromatic heterocycles. The molecule has 1 fully saturated rings. The Morgan fingerprint density at radius 1 is 1.33 bits per heavy atom. The molecule has 1 aliphatic rings. The second kappa shape index (κ2) is 9.65. The van der Waals surface area contributed by atoms with Crippen LogP contribution in [0.15, 0.2) is 18.3 Å². The van der Waals surface area contributed by atoms with Gasteiger partial charge in [-0.25, -0.2) is 17.7 Å². The number of rotatable bonds is 4. The summed E-state index contributed by atoms with van der Waals surface area (Å²) in [5, 5.41) is 5.56. The predicted molar refractivity (Wildman–Crippen MR) is 101 cm³/mol. The number of pyridine rings is 1. The van der Waals surface area contributed by atoms with Crippen LogP contribution in [0.1, 0.15) is 25.7 Å². The summed E-state index contributed by atoms with van der Waals surface area (Å²) in [6.45, 7) is 0.815. The molecule has 1 aliphatic heterocycles. The van der Waals surface area contributed by atoms with E-state index in [1.807, 2.05) is 0 Å². The molecule has 0 bridgehead atoms. The van der Waals surface area contributed by atoms with Crippen LogP contribution in [0.4, 0.5) is 5.69 Å². The topological polar surface area (TPSA) is 118 Å². The third kappa shape index (κ3) is 6.79. The van der Waals surface area contributed by atoms with E-state index in [9.17, 15) is 18.0 Å². The lowest BCUT2D eigenvalue weighted by Gasteiger charge is -2.20. The van der Waals surface area contributed by atoms with E-state index >= 15 is 0 Å². The molecule has 2 heterocycles. The molecule has 1 unspecified atom stereocenters. The van der Waals surface area contributed by atoms with Crippen LogP contribution in [0.3, 0.4) is 0 Å². The molecule has 27 heavy (non-hydrogen) atoms. The highest BCUT2D eigenvalue weighted by Gasteiger charge is 2.23. The van der Waals surface area contributed by atoms with Crippen molar-refractivity contribution in [3.63, 3.8) is 0 Å². The molecule has 0 radical (unpaired) electrons. The summed E-state index contributed by atoms with van der Waals surface area (Å²) in [5.74, 6) is -0.288. The van der Waals surface area contributed by atoms with E-state index < -0.39 is 10.0 Å². The van der Waals surface area contributed by atoms with Crippen molar-refractivity contribution in [2.75, 3.05) is 38.3 Å². The largest absolute Gasteiger partial charge is 0.481 e. The van der Waals surface area contributed by atoms with Crippen LogP contribution in [0.2, 0.25) is 0 Å². The van der Waals surface area contributed by atoms with Gasteiger partial charge in [-0.05, 0) is 25.3 Å². The van der Waals surface area contributed by atoms with Gasteiger partial charge in [0.05, 0.1) is 25.2 Å². The number of hydrogen-bond acceptors (Lipinski definition) is 6. The fraction of sp³-hybridized carbons (Fsp3) is 0.588. The Morgan fingerprint density at radius 2 is 2.11 bits per heavy atom. The van der Waals surface area contributed by atoms with E-state index in [4.69, 9.17) is 4.74 Å². The van der Waals surface area contributed by atoms with Crippen molar-refractivity contribution in [3.05, 3.63) is 18.3 Å². The standard InChI is InChI=1S/C17H26N4O5S/c1-26-16-6-5-14(12-19-16)20-17(23)13-4-3-10-21(27(2,24)25)11-8-15(22)18-9-7-13/h5-6,12-13H,3-4,7-11H2,1-2H3,(H,18,22)(H,20,23). The average molecular weight is 398 g/mol. The fourth-order valence-electron chi connectivity index (χ4n) is 2.88. The Hall–Kier alpha value is -2.20. The number of methoxy groups -OCH3 is 1. The van der Waals surface area contributed by atoms with Gasteiger partial charge in [-0.3, -0.25) is 9.59 Å². The van der Waals surface area contributed by atoms with Crippen LogP contribution in [0.25, 0.3) is 0 Å². The van der Waals surface area contributed by atoms with Crippen molar-refractivity contribution in [1.29, 1.82) is 0 Å². The lowest BCUT2D eigenvalue weighted by molar-refractivity contribution is -0.122. The molecule has 1 aromatic rings. The second-order valence-electron chi connectivity index (χ2n) is 6.47. The molecule has 2 rings (SSSR count). The Balaban J connectivity index is 2.03. The SMILES string of the molecule is COc1ccc(NC(=O)C2CCCN(S(C)(=O)=O)CCC(=O)NCC2)cn1. The van der Waals surface area contributed by atoms with E-state index in [1.165, 1.54) is 17.6 Å². The average Bonchev–Trinajstić information content (AvgIpc) is 2.66. The lowest BCUT2D eigenvalue weighted by atomic mass is 9.98. The minimum Gasteiger partial charge on any atom is -0.481 e. The maximum Gasteiger partial charge on any atom is 0.227 e. The van der Waals surface area contributed by atoms with E-state index in [1.54, 1.807) is 12.1 Å². The normalized spacial score (nSPS) is 20.2. The zero-order valence-corrected chi connectivity index (χ0v) is 16.4. The Kier molecular flexibility index (Phi) is 7.55. The minimum absolute atomic E-state index is 0.113. The van der Waals surface area contributed by atoms with Crippen LogP contribution >= 0.6 is 0 Å². The number of carbonyl (C=O) groups excluding carboxylic acids is 2. The molecule has 1 saturated heterocycles. The van der Waals surface area contributed by atoms with Crippen molar-refractivity contribution in [2.24, 2.45) is 5.92 Å². The molecule has 150 valence electrons. The van der Waals surface area contributed by atoms with Gasteiger partial charge in [0.1, 0.15) is 0 Å². The lowest BCUT2D eigenvalue weighted by Crippen LogP contribution is -2.35. The Bertz CT molecular complexity index is 751. The number of aromatic nitrogens is 1. The van der Waals surface area contributed by atoms with Gasteiger partial charge in [0, 0.05) is 38.0 Å². The number of amides is 2. The van der Waals surface area contributed by atoms with Crippen molar-refractivity contribution >= 4 is 27.5 Å². The quantitative estimate of drug-likeness (QED) is 0.767. The van der Waals surface area contributed by atoms with Gasteiger partial charge >= 0.3 is 0 Å². The third-order valence-electron chi connectivity index (χ3n) is 4.42. The maximum absolute atomic E-state index is 12.6. The summed E-state index contributed by atoms with van der Waals surface area (Å²) < 4.78 is 30.0. The van der Waals surface area contributed by atoms with Crippen molar-refractivity contribution in [1.82, 2.24) is 14.6 Å². The fourth-order valence-corrected chi connectivity index (χ4v) is 3.77. The number of ether oxygens (including phenoxy) is 1. The molecule has 0 spiro atoms. The molecule has 2 N–H and O–H groups in total. The zero-order chi connectivity index (χ0) is 19.9. The number of nitrogens with one attached hydrogen (secondary N) is 2. The summed E-state index contributed by atoms with van der Waals surface area (Å²) in [4.78, 5) is 28.5. The first-order chi connectivity index (χ1) is 12.8. The van der Waals surface area contributed by atoms with Crippen molar-refractivity contribution in [2.45, 2.75) is 25.7 Å². The first kappa shape index (κ1) is 21.1. The first-order valence-electron chi connectivity index (χ1n) is 8.82. The van der Waals surface area contributed by atoms with Gasteiger partial charge < -0.3 is 15.4 Å². The van der Waals surface area contributed by atoms with Gasteiger partial charge in [0.25, 0.3) is 0 Å². The molecule has 0 aromatic carbocycles. The highest BCUT2D eigenvalue weighted by Crippen LogP contribution is 2.18. The Morgan fingerprint density at radius 3 is 2.74 bits per heavy atom. The minimum atomic E-state index is -3.39. The highest BCUT2D eigenvalue weighted by molar-refractivity contribution is 7.88. The van der Waals surface area contributed by atoms with Gasteiger partial charge in [0.2, 0.25) is 27.7 Å². The van der Waals surface area contributed by atoms with E-state index in [0.29, 0.717) is 43.9 Å². The second-order valence-corrected chi connectivity index (χ2v) is 8.45. The number of sulfonamides is 1. The molecule has 2 amide bonds. The van der Waals surface area contributed by atoms with Gasteiger partial charge in [-0.1, -0.05) is 0 Å². The summed E-state index contributed by atoms with van der Waals surface area (Å²) in [7, 11) is -1.88. The highest BCUT2D eigenvalue weighted by atomic mass is 32.2. The molecule has 0 aliphatic carbocycles. The van der Waals surface area contributed by atoms with E-state index in [-0.39, 0.29) is 30.7 Å². The summed E-state index contributed by atoms with van der Waals surface area (Å²) in [6, 6.07) is 3.35. The monoisotopic (exact) mass is 398 g/mol. The van der Waals surface area contributed by atoms with E-state index in [0.717, 1.165) is 6.26 Å². The number of hydrogen-bond donors (Lipinski definition) is 2. The van der Waals surface area contributed by atoms with Crippen LogP contribution in [0, 0.1) is 5.92 Å². The number of nitrogens with zero attached hydrogens (tertiary/aromatic N) is 2. The molecule has 1 atom stereocenters. The van der Waals surface area contributed by atoms with Crippen molar-refractivity contribution < 1.29 is 22.7 Å². The number of carbonyl (C=O) groups is 2. The molecular weight excluding hydrogens is 372 g/mol. The van der Waals surface area contributed by atoms with E-state index in [2.05, 4.69) is 15.6 Å². The number of anilines is 1. The smallest absolute Gasteiger partial charge is 0.227 e. The zero-order valence-electron chi connectivity index (χ0n) is 15.6. The van der Waals surface area contributed by atoms with Gasteiger partial charge in [0.15, 0.2) is 0 Å². The molecule has 0 saturated carbocycles. The first-order valence-corrected chi connectivity index (χ1v) is 10.7. The molecule has 9 nitrogen and oxygen atoms in total. The van der Waals surface area contributed by atoms with Crippen LogP contribution in [-0.2, 0) is 19.6 Å². The summed E-state index contributed by atoms with van der Waals surface area (Å²) in [5.41, 5.74) is 0.553. The molecular formula is C17H26N4O5S. The predicted octanol–water partition coefficient (Wildman–Crippen LogP) is 0.597. The Labute approximate surface area is 159 Å². The van der Waals surface area contributed by atoms with Crippen LogP contribution in [-0.4, -0.2) is 62.5 Å².